The lowest BCUT2D eigenvalue weighted by molar-refractivity contribution is -0.228. The van der Waals surface area contributed by atoms with Crippen LogP contribution in [0.5, 0.6) is 0 Å². The van der Waals surface area contributed by atoms with Crippen molar-refractivity contribution in [2.24, 2.45) is 56.7 Å². The van der Waals surface area contributed by atoms with Gasteiger partial charge in [-0.1, -0.05) is 76.2 Å². The molecule has 1 unspecified atom stereocenters. The minimum absolute atomic E-state index is 0.0203. The molecule has 1 aromatic heterocycles. The Morgan fingerprint density at radius 2 is 1.65 bits per heavy atom. The molecule has 0 saturated heterocycles. The first-order valence-electron chi connectivity index (χ1n) is 18.9. The van der Waals surface area contributed by atoms with Gasteiger partial charge in [-0.2, -0.15) is 0 Å². The van der Waals surface area contributed by atoms with E-state index in [1.807, 2.05) is 30.3 Å². The Morgan fingerprint density at radius 3 is 2.37 bits per heavy atom. The summed E-state index contributed by atoms with van der Waals surface area (Å²) in [5, 5.41) is 4.09. The number of fused-ring (bicyclic) bond motifs is 7. The minimum atomic E-state index is -0.433. The zero-order valence-electron chi connectivity index (χ0n) is 30.9. The number of carbonyl (C=O) groups excluding carboxylic acids is 2. The van der Waals surface area contributed by atoms with Crippen LogP contribution in [0.1, 0.15) is 133 Å². The highest BCUT2D eigenvalue weighted by Crippen LogP contribution is 2.77. The number of hydrogen-bond donors (Lipinski definition) is 0. The van der Waals surface area contributed by atoms with E-state index in [-0.39, 0.29) is 38.7 Å². The normalized spacial score (nSPS) is 39.0. The van der Waals surface area contributed by atoms with Crippen molar-refractivity contribution in [3.8, 4) is 0 Å². The zero-order valence-corrected chi connectivity index (χ0v) is 30.9. The molecule has 5 aliphatic rings. The highest BCUT2D eigenvalue weighted by Gasteiger charge is 2.70. The van der Waals surface area contributed by atoms with E-state index in [9.17, 15) is 9.59 Å². The Balaban J connectivity index is 1.18. The summed E-state index contributed by atoms with van der Waals surface area (Å²) in [7, 11) is 0. The van der Waals surface area contributed by atoms with Gasteiger partial charge in [0.25, 0.3) is 0 Å². The molecule has 9 atom stereocenters. The molecule has 6 heteroatoms. The van der Waals surface area contributed by atoms with Crippen molar-refractivity contribution in [3.63, 3.8) is 0 Å². The maximum absolute atomic E-state index is 13.2. The minimum Gasteiger partial charge on any atom is -0.461 e. The van der Waals surface area contributed by atoms with E-state index in [0.29, 0.717) is 54.1 Å². The standard InChI is InChI=1S/C43H57NO5/c1-9-47-38(46)32-25-33(49-44-32)30-18-20-40(6)34(39(30,4)5)19-21-42(8)35(40)16-15-31-36-29(27(2)3)17-22-43(36,24-23-41(31,42)7)26-48-37(45)28-13-11-10-12-14-28/h10-14,18,25,29,31,34-36H,2,9,15-17,19-24,26H2,1,3-8H3/t29-,31?,34-,35+,36+,40-,41+,42+,43+/m0/s1. The van der Waals surface area contributed by atoms with Crippen molar-refractivity contribution in [2.75, 3.05) is 13.2 Å². The second-order valence-corrected chi connectivity index (χ2v) is 17.8. The predicted octanol–water partition coefficient (Wildman–Crippen LogP) is 10.4. The quantitative estimate of drug-likeness (QED) is 0.216. The molecule has 49 heavy (non-hydrogen) atoms. The lowest BCUT2D eigenvalue weighted by Crippen LogP contribution is -2.65. The Bertz CT molecular complexity index is 1650. The Hall–Kier alpha value is -3.15. The van der Waals surface area contributed by atoms with Crippen LogP contribution in [0.3, 0.4) is 0 Å². The van der Waals surface area contributed by atoms with Crippen molar-refractivity contribution in [1.82, 2.24) is 5.16 Å². The summed E-state index contributed by atoms with van der Waals surface area (Å²) in [6.45, 7) is 22.1. The lowest BCUT2D eigenvalue weighted by atomic mass is 9.32. The van der Waals surface area contributed by atoms with E-state index in [0.717, 1.165) is 25.7 Å². The Morgan fingerprint density at radius 1 is 0.898 bits per heavy atom. The van der Waals surface area contributed by atoms with Gasteiger partial charge in [0.05, 0.1) is 18.8 Å². The molecule has 6 nitrogen and oxygen atoms in total. The largest absolute Gasteiger partial charge is 0.461 e. The zero-order chi connectivity index (χ0) is 35.0. The first-order valence-corrected chi connectivity index (χ1v) is 18.9. The number of rotatable bonds is 7. The van der Waals surface area contributed by atoms with Crippen molar-refractivity contribution < 1.29 is 23.6 Å². The number of carbonyl (C=O) groups is 2. The van der Waals surface area contributed by atoms with Crippen LogP contribution in [0, 0.1) is 56.7 Å². The van der Waals surface area contributed by atoms with Crippen LogP contribution in [0.15, 0.2) is 59.1 Å². The van der Waals surface area contributed by atoms with Crippen LogP contribution >= 0.6 is 0 Å². The van der Waals surface area contributed by atoms with E-state index in [1.165, 1.54) is 43.3 Å². The molecule has 0 amide bonds. The van der Waals surface area contributed by atoms with Crippen molar-refractivity contribution in [3.05, 3.63) is 71.6 Å². The van der Waals surface area contributed by atoms with Crippen LogP contribution < -0.4 is 0 Å². The van der Waals surface area contributed by atoms with Crippen LogP contribution in [0.4, 0.5) is 0 Å². The van der Waals surface area contributed by atoms with E-state index in [2.05, 4.69) is 59.4 Å². The number of aromatic nitrogens is 1. The van der Waals surface area contributed by atoms with E-state index in [4.69, 9.17) is 14.0 Å². The molecule has 2 aromatic rings. The second-order valence-electron chi connectivity index (χ2n) is 17.8. The second kappa shape index (κ2) is 12.0. The summed E-state index contributed by atoms with van der Waals surface area (Å²) in [5.41, 5.74) is 3.81. The summed E-state index contributed by atoms with van der Waals surface area (Å²) < 4.78 is 17.2. The van der Waals surface area contributed by atoms with Crippen molar-refractivity contribution >= 4 is 17.5 Å². The molecule has 264 valence electrons. The van der Waals surface area contributed by atoms with E-state index >= 15 is 0 Å². The van der Waals surface area contributed by atoms with Crippen molar-refractivity contribution in [2.45, 2.75) is 106 Å². The first kappa shape index (κ1) is 34.3. The average Bonchev–Trinajstić information content (AvgIpc) is 3.70. The summed E-state index contributed by atoms with van der Waals surface area (Å²) >= 11 is 0. The molecule has 0 radical (unpaired) electrons. The topological polar surface area (TPSA) is 78.6 Å². The third kappa shape index (κ3) is 5.04. The first-order chi connectivity index (χ1) is 23.2. The molecule has 4 saturated carbocycles. The molecule has 5 aliphatic carbocycles. The molecular formula is C43H57NO5. The average molecular weight is 668 g/mol. The van der Waals surface area contributed by atoms with Crippen molar-refractivity contribution in [1.29, 1.82) is 0 Å². The molecule has 4 fully saturated rings. The third-order valence-electron chi connectivity index (χ3n) is 15.6. The van der Waals surface area contributed by atoms with Gasteiger partial charge in [-0.3, -0.25) is 0 Å². The number of nitrogens with zero attached hydrogens (tertiary/aromatic N) is 1. The van der Waals surface area contributed by atoms with Gasteiger partial charge in [-0.25, -0.2) is 9.59 Å². The summed E-state index contributed by atoms with van der Waals surface area (Å²) in [5.74, 6) is 2.72. The summed E-state index contributed by atoms with van der Waals surface area (Å²) in [6.07, 6.45) is 12.8. The Kier molecular flexibility index (Phi) is 8.39. The fraction of sp³-hybridized carbons (Fsp3) is 0.651. The molecule has 7 rings (SSSR count). The number of benzene rings is 1. The molecule has 1 aromatic carbocycles. The maximum Gasteiger partial charge on any atom is 0.360 e. The number of esters is 2. The molecule has 0 spiro atoms. The van der Waals surface area contributed by atoms with Gasteiger partial charge < -0.3 is 14.0 Å². The molecule has 0 aliphatic heterocycles. The number of ether oxygens (including phenoxy) is 2. The fourth-order valence-electron chi connectivity index (χ4n) is 13.1. The highest BCUT2D eigenvalue weighted by atomic mass is 16.5. The van der Waals surface area contributed by atoms with Crippen LogP contribution in [0.2, 0.25) is 0 Å². The summed E-state index contributed by atoms with van der Waals surface area (Å²) in [4.78, 5) is 25.6. The van der Waals surface area contributed by atoms with Gasteiger partial charge in [0.1, 0.15) is 0 Å². The van der Waals surface area contributed by atoms with E-state index in [1.54, 1.807) is 13.0 Å². The van der Waals surface area contributed by atoms with Gasteiger partial charge >= 0.3 is 11.9 Å². The monoisotopic (exact) mass is 667 g/mol. The van der Waals surface area contributed by atoms with Gasteiger partial charge in [0, 0.05) is 11.5 Å². The predicted molar refractivity (Wildman–Crippen MR) is 192 cm³/mol. The van der Waals surface area contributed by atoms with E-state index < -0.39 is 5.97 Å². The molecule has 0 bridgehead atoms. The van der Waals surface area contributed by atoms with Gasteiger partial charge in [0.2, 0.25) is 0 Å². The van der Waals surface area contributed by atoms with Crippen LogP contribution in [-0.4, -0.2) is 30.3 Å². The Labute approximate surface area is 293 Å². The summed E-state index contributed by atoms with van der Waals surface area (Å²) in [6, 6.07) is 11.2. The molecule has 0 N–H and O–H groups in total. The molecular weight excluding hydrogens is 610 g/mol. The number of allylic oxidation sites excluding steroid dienone is 3. The fourth-order valence-corrected chi connectivity index (χ4v) is 13.1. The van der Waals surface area contributed by atoms with Crippen LogP contribution in [0.25, 0.3) is 5.57 Å². The smallest absolute Gasteiger partial charge is 0.360 e. The van der Waals surface area contributed by atoms with Crippen LogP contribution in [-0.2, 0) is 9.47 Å². The maximum atomic E-state index is 13.2. The molecule has 1 heterocycles. The number of hydrogen-bond acceptors (Lipinski definition) is 6. The highest BCUT2D eigenvalue weighted by molar-refractivity contribution is 5.89. The third-order valence-corrected chi connectivity index (χ3v) is 15.6. The van der Waals surface area contributed by atoms with Gasteiger partial charge in [-0.05, 0) is 141 Å². The van der Waals surface area contributed by atoms with Gasteiger partial charge in [0.15, 0.2) is 11.5 Å². The van der Waals surface area contributed by atoms with Gasteiger partial charge in [-0.15, -0.1) is 0 Å². The lowest BCUT2D eigenvalue weighted by Gasteiger charge is -2.72. The SMILES string of the molecule is C=C(C)[C@@H]1CC[C@]2(COC(=O)c3ccccc3)CC[C@]3(C)C(CC[C@@H]4[C@@]5(C)CC=C(c6cc(C(=O)OCC)no6)C(C)(C)[C@@H]5CC[C@]43C)[C@@H]12.